The molecule has 0 saturated carbocycles. The third kappa shape index (κ3) is 3.41. The number of furan rings is 2. The van der Waals surface area contributed by atoms with E-state index in [0.29, 0.717) is 33.9 Å². The molecule has 0 bridgehead atoms. The van der Waals surface area contributed by atoms with Gasteiger partial charge in [-0.05, 0) is 49.4 Å². The maximum Gasteiger partial charge on any atom is 0.291 e. The first-order valence-corrected chi connectivity index (χ1v) is 9.16. The molecule has 152 valence electrons. The number of hydrogen-bond acceptors (Lipinski definition) is 6. The summed E-state index contributed by atoms with van der Waals surface area (Å²) in [5.41, 5.74) is 2.16. The zero-order chi connectivity index (χ0) is 21.3. The Morgan fingerprint density at radius 3 is 2.47 bits per heavy atom. The number of ether oxygens (including phenoxy) is 2. The number of fused-ring (bicyclic) bond motifs is 1. The molecule has 2 heterocycles. The van der Waals surface area contributed by atoms with Gasteiger partial charge in [-0.2, -0.15) is 0 Å². The zero-order valence-electron chi connectivity index (χ0n) is 16.6. The minimum Gasteiger partial charge on any atom is -0.493 e. The number of aryl methyl sites for hydroxylation is 1. The van der Waals surface area contributed by atoms with Crippen LogP contribution in [0.15, 0.2) is 63.6 Å². The van der Waals surface area contributed by atoms with E-state index < -0.39 is 0 Å². The van der Waals surface area contributed by atoms with Crippen molar-refractivity contribution >= 4 is 28.3 Å². The minimum absolute atomic E-state index is 0.204. The van der Waals surface area contributed by atoms with E-state index in [1.807, 2.05) is 6.92 Å². The van der Waals surface area contributed by atoms with E-state index in [0.717, 1.165) is 5.39 Å². The van der Waals surface area contributed by atoms with Gasteiger partial charge in [0.1, 0.15) is 5.58 Å². The monoisotopic (exact) mass is 405 g/mol. The number of carbonyl (C=O) groups excluding carboxylic acids is 2. The maximum absolute atomic E-state index is 13.1. The number of hydrogen-bond donors (Lipinski definition) is 1. The van der Waals surface area contributed by atoms with Gasteiger partial charge in [0.15, 0.2) is 23.0 Å². The molecule has 0 fully saturated rings. The second-order valence-electron chi connectivity index (χ2n) is 6.60. The summed E-state index contributed by atoms with van der Waals surface area (Å²) in [7, 11) is 3.04. The lowest BCUT2D eigenvalue weighted by molar-refractivity contribution is 0.0993. The second kappa shape index (κ2) is 7.79. The van der Waals surface area contributed by atoms with Gasteiger partial charge in [0.25, 0.3) is 5.91 Å². The first kappa shape index (κ1) is 19.3. The first-order valence-electron chi connectivity index (χ1n) is 9.16. The molecule has 0 aliphatic rings. The number of nitrogens with one attached hydrogen (secondary N) is 1. The summed E-state index contributed by atoms with van der Waals surface area (Å²) in [6.45, 7) is 1.82. The highest BCUT2D eigenvalue weighted by atomic mass is 16.5. The molecule has 0 aliphatic carbocycles. The molecule has 1 amide bonds. The van der Waals surface area contributed by atoms with Crippen molar-refractivity contribution in [2.75, 3.05) is 19.5 Å². The molecule has 2 aromatic heterocycles. The number of anilines is 1. The average Bonchev–Trinajstić information content (AvgIpc) is 3.41. The molecule has 0 atom stereocenters. The number of methoxy groups -OCH3 is 2. The normalized spacial score (nSPS) is 10.8. The van der Waals surface area contributed by atoms with Crippen molar-refractivity contribution in [3.05, 3.63) is 77.4 Å². The molecule has 7 nitrogen and oxygen atoms in total. The van der Waals surface area contributed by atoms with Crippen LogP contribution in [0.1, 0.15) is 32.2 Å². The Morgan fingerprint density at radius 2 is 1.77 bits per heavy atom. The highest BCUT2D eigenvalue weighted by Crippen LogP contribution is 2.32. The summed E-state index contributed by atoms with van der Waals surface area (Å²) in [5, 5.41) is 3.53. The van der Waals surface area contributed by atoms with Crippen molar-refractivity contribution in [2.45, 2.75) is 6.92 Å². The Labute approximate surface area is 172 Å². The smallest absolute Gasteiger partial charge is 0.291 e. The molecule has 7 heteroatoms. The lowest BCUT2D eigenvalue weighted by atomic mass is 10.0. The van der Waals surface area contributed by atoms with Crippen LogP contribution in [0, 0.1) is 6.92 Å². The number of benzene rings is 2. The Morgan fingerprint density at radius 1 is 0.967 bits per heavy atom. The molecular formula is C23H19NO6. The van der Waals surface area contributed by atoms with E-state index in [1.54, 1.807) is 48.5 Å². The molecule has 4 rings (SSSR count). The summed E-state index contributed by atoms with van der Waals surface area (Å²) >= 11 is 0. The fourth-order valence-corrected chi connectivity index (χ4v) is 3.23. The number of amides is 1. The van der Waals surface area contributed by atoms with E-state index in [4.69, 9.17) is 18.3 Å². The van der Waals surface area contributed by atoms with Crippen LogP contribution in [0.2, 0.25) is 0 Å². The Hall–Kier alpha value is -4.00. The van der Waals surface area contributed by atoms with E-state index in [1.165, 1.54) is 20.5 Å². The average molecular weight is 405 g/mol. The van der Waals surface area contributed by atoms with Crippen LogP contribution in [-0.4, -0.2) is 25.9 Å². The molecule has 0 radical (unpaired) electrons. The fraction of sp³-hybridized carbons (Fsp3) is 0.130. The Bertz CT molecular complexity index is 1240. The van der Waals surface area contributed by atoms with Crippen LogP contribution in [0.3, 0.4) is 0 Å². The van der Waals surface area contributed by atoms with Gasteiger partial charge in [-0.15, -0.1) is 0 Å². The van der Waals surface area contributed by atoms with E-state index in [-0.39, 0.29) is 23.2 Å². The standard InChI is InChI=1S/C23H19NO6/c1-13-16-8-7-15(24-23(26)18-5-4-10-29-18)12-19(16)30-22(13)21(25)14-6-9-17(27-2)20(11-14)28-3/h4-12H,1-3H3,(H,24,26). The molecule has 1 N–H and O–H groups in total. The molecule has 30 heavy (non-hydrogen) atoms. The largest absolute Gasteiger partial charge is 0.493 e. The van der Waals surface area contributed by atoms with E-state index >= 15 is 0 Å². The first-order chi connectivity index (χ1) is 14.5. The molecule has 0 saturated heterocycles. The quantitative estimate of drug-likeness (QED) is 0.462. The number of ketones is 1. The van der Waals surface area contributed by atoms with Gasteiger partial charge >= 0.3 is 0 Å². The lowest BCUT2D eigenvalue weighted by Crippen LogP contribution is -2.10. The molecule has 0 spiro atoms. The van der Waals surface area contributed by atoms with Crippen LogP contribution < -0.4 is 14.8 Å². The van der Waals surface area contributed by atoms with Crippen molar-refractivity contribution in [1.82, 2.24) is 0 Å². The van der Waals surface area contributed by atoms with Crippen molar-refractivity contribution in [3.8, 4) is 11.5 Å². The van der Waals surface area contributed by atoms with Gasteiger partial charge in [-0.1, -0.05) is 0 Å². The summed E-state index contributed by atoms with van der Waals surface area (Å²) in [6, 6.07) is 13.4. The molecule has 4 aromatic rings. The summed E-state index contributed by atoms with van der Waals surface area (Å²) in [5.74, 6) is 0.782. The van der Waals surface area contributed by atoms with Gasteiger partial charge in [0.05, 0.1) is 20.5 Å². The second-order valence-corrected chi connectivity index (χ2v) is 6.60. The van der Waals surface area contributed by atoms with Crippen molar-refractivity contribution in [1.29, 1.82) is 0 Å². The predicted molar refractivity (Wildman–Crippen MR) is 111 cm³/mol. The topological polar surface area (TPSA) is 90.9 Å². The molecule has 2 aromatic carbocycles. The zero-order valence-corrected chi connectivity index (χ0v) is 16.6. The summed E-state index contributed by atoms with van der Waals surface area (Å²) < 4.78 is 21.5. The van der Waals surface area contributed by atoms with Crippen LogP contribution in [-0.2, 0) is 0 Å². The summed E-state index contributed by atoms with van der Waals surface area (Å²) in [6.07, 6.45) is 1.43. The maximum atomic E-state index is 13.1. The SMILES string of the molecule is COc1ccc(C(=O)c2oc3cc(NC(=O)c4ccco4)ccc3c2C)cc1OC. The third-order valence-corrected chi connectivity index (χ3v) is 4.79. The van der Waals surface area contributed by atoms with Crippen LogP contribution in [0.4, 0.5) is 5.69 Å². The van der Waals surface area contributed by atoms with Crippen molar-refractivity contribution in [2.24, 2.45) is 0 Å². The van der Waals surface area contributed by atoms with Crippen molar-refractivity contribution in [3.63, 3.8) is 0 Å². The van der Waals surface area contributed by atoms with Crippen LogP contribution in [0.5, 0.6) is 11.5 Å². The number of carbonyl (C=O) groups is 2. The van der Waals surface area contributed by atoms with Crippen molar-refractivity contribution < 1.29 is 27.9 Å². The molecular weight excluding hydrogens is 386 g/mol. The lowest BCUT2D eigenvalue weighted by Gasteiger charge is -2.08. The van der Waals surface area contributed by atoms with Gasteiger partial charge in [0, 0.05) is 28.3 Å². The number of rotatable bonds is 6. The van der Waals surface area contributed by atoms with E-state index in [9.17, 15) is 9.59 Å². The third-order valence-electron chi connectivity index (χ3n) is 4.79. The highest BCUT2D eigenvalue weighted by molar-refractivity contribution is 6.11. The predicted octanol–water partition coefficient (Wildman–Crippen LogP) is 4.83. The fourth-order valence-electron chi connectivity index (χ4n) is 3.23. The molecule has 0 unspecified atom stereocenters. The van der Waals surface area contributed by atoms with Gasteiger partial charge in [0.2, 0.25) is 5.78 Å². The van der Waals surface area contributed by atoms with Gasteiger partial charge < -0.3 is 23.6 Å². The van der Waals surface area contributed by atoms with Crippen LogP contribution >= 0.6 is 0 Å². The minimum atomic E-state index is -0.371. The van der Waals surface area contributed by atoms with E-state index in [2.05, 4.69) is 5.32 Å². The van der Waals surface area contributed by atoms with Crippen LogP contribution in [0.25, 0.3) is 11.0 Å². The van der Waals surface area contributed by atoms with Gasteiger partial charge in [-0.3, -0.25) is 9.59 Å². The summed E-state index contributed by atoms with van der Waals surface area (Å²) in [4.78, 5) is 25.2. The highest BCUT2D eigenvalue weighted by Gasteiger charge is 2.21. The van der Waals surface area contributed by atoms with Gasteiger partial charge in [-0.25, -0.2) is 0 Å². The Balaban J connectivity index is 1.66. The molecule has 0 aliphatic heterocycles. The Kier molecular flexibility index (Phi) is 5.02.